The van der Waals surface area contributed by atoms with E-state index in [4.69, 9.17) is 28.2 Å². The highest BCUT2D eigenvalue weighted by Crippen LogP contribution is 2.34. The second-order valence-electron chi connectivity index (χ2n) is 8.84. The Morgan fingerprint density at radius 1 is 0.946 bits per heavy atom. The fourth-order valence-electron chi connectivity index (χ4n) is 4.36. The summed E-state index contributed by atoms with van der Waals surface area (Å²) in [6.07, 6.45) is 0. The van der Waals surface area contributed by atoms with Gasteiger partial charge in [-0.25, -0.2) is 0 Å². The summed E-state index contributed by atoms with van der Waals surface area (Å²) >= 11 is 12.0. The minimum Gasteiger partial charge on any atom is -0.451 e. The Bertz CT molecular complexity index is 1440. The van der Waals surface area contributed by atoms with Crippen LogP contribution in [0.1, 0.15) is 26.5 Å². The van der Waals surface area contributed by atoms with Crippen LogP contribution in [0, 0.1) is 6.92 Å². The highest BCUT2D eigenvalue weighted by atomic mass is 35.5. The fraction of sp³-hybridized carbons (Fsp3) is 0.179. The van der Waals surface area contributed by atoms with Gasteiger partial charge in [-0.05, 0) is 55.5 Å². The van der Waals surface area contributed by atoms with E-state index in [2.05, 4.69) is 15.5 Å². The average molecular weight is 533 g/mol. The third-order valence-corrected chi connectivity index (χ3v) is 6.80. The summed E-state index contributed by atoms with van der Waals surface area (Å²) in [5.41, 5.74) is 3.87. The topological polar surface area (TPSA) is 77.8 Å². The van der Waals surface area contributed by atoms with Gasteiger partial charge >= 0.3 is 0 Å². The summed E-state index contributed by atoms with van der Waals surface area (Å²) < 4.78 is 5.63. The number of amides is 2. The summed E-state index contributed by atoms with van der Waals surface area (Å²) in [7, 11) is 0. The molecule has 2 N–H and O–H groups in total. The number of carbonyl (C=O) groups is 2. The Labute approximate surface area is 225 Å². The Kier molecular flexibility index (Phi) is 7.12. The first-order valence-electron chi connectivity index (χ1n) is 11.9. The smallest absolute Gasteiger partial charge is 0.293 e. The van der Waals surface area contributed by atoms with Crippen LogP contribution in [0.25, 0.3) is 11.0 Å². The molecule has 9 heteroatoms. The van der Waals surface area contributed by atoms with Gasteiger partial charge in [0.05, 0.1) is 16.4 Å². The first-order valence-corrected chi connectivity index (χ1v) is 12.7. The van der Waals surface area contributed by atoms with Crippen LogP contribution in [0.2, 0.25) is 5.02 Å². The van der Waals surface area contributed by atoms with Crippen molar-refractivity contribution in [1.29, 1.82) is 0 Å². The minimum atomic E-state index is -0.444. The molecule has 1 saturated heterocycles. The second-order valence-corrected chi connectivity index (χ2v) is 9.65. The molecular weight excluding hydrogens is 508 g/mol. The highest BCUT2D eigenvalue weighted by molar-refractivity contribution is 7.80. The number of hydrogen-bond acceptors (Lipinski definition) is 5. The predicted octanol–water partition coefficient (Wildman–Crippen LogP) is 5.48. The van der Waals surface area contributed by atoms with Crippen LogP contribution in [-0.2, 0) is 0 Å². The maximum absolute atomic E-state index is 12.9. The molecule has 0 bridgehead atoms. The van der Waals surface area contributed by atoms with Crippen LogP contribution in [0.5, 0.6) is 0 Å². The van der Waals surface area contributed by atoms with Gasteiger partial charge in [-0.2, -0.15) is 0 Å². The number of fused-ring (bicyclic) bond motifs is 1. The van der Waals surface area contributed by atoms with Gasteiger partial charge in [0.15, 0.2) is 10.9 Å². The number of thiocarbonyl (C=S) groups is 1. The van der Waals surface area contributed by atoms with Crippen molar-refractivity contribution in [2.24, 2.45) is 0 Å². The summed E-state index contributed by atoms with van der Waals surface area (Å²) in [5.74, 6) is -0.252. The number of piperazine rings is 1. The highest BCUT2D eigenvalue weighted by Gasteiger charge is 2.25. The second kappa shape index (κ2) is 10.6. The van der Waals surface area contributed by atoms with Gasteiger partial charge in [-0.1, -0.05) is 53.6 Å². The van der Waals surface area contributed by atoms with Crippen LogP contribution in [0.15, 0.2) is 77.2 Å². The van der Waals surface area contributed by atoms with E-state index in [1.165, 1.54) is 0 Å². The molecule has 5 rings (SSSR count). The quantitative estimate of drug-likeness (QED) is 0.339. The Morgan fingerprint density at radius 2 is 1.68 bits per heavy atom. The normalized spacial score (nSPS) is 13.5. The van der Waals surface area contributed by atoms with Crippen LogP contribution < -0.4 is 15.5 Å². The van der Waals surface area contributed by atoms with Gasteiger partial charge in [0.1, 0.15) is 5.58 Å². The molecule has 0 aliphatic carbocycles. The molecule has 2 heterocycles. The van der Waals surface area contributed by atoms with Crippen LogP contribution in [0.3, 0.4) is 0 Å². The molecule has 1 aliphatic heterocycles. The molecule has 0 unspecified atom stereocenters. The van der Waals surface area contributed by atoms with Gasteiger partial charge in [-0.15, -0.1) is 0 Å². The lowest BCUT2D eigenvalue weighted by atomic mass is 10.1. The van der Waals surface area contributed by atoms with Gasteiger partial charge < -0.3 is 19.5 Å². The lowest BCUT2D eigenvalue weighted by Crippen LogP contribution is -2.49. The summed E-state index contributed by atoms with van der Waals surface area (Å²) in [6.45, 7) is 4.33. The van der Waals surface area contributed by atoms with Crippen molar-refractivity contribution in [3.8, 4) is 0 Å². The molecule has 1 aliphatic rings. The van der Waals surface area contributed by atoms with Crippen molar-refractivity contribution in [2.75, 3.05) is 36.4 Å². The zero-order valence-corrected chi connectivity index (χ0v) is 21.7. The number of benzene rings is 3. The molecule has 3 aromatic carbocycles. The lowest BCUT2D eigenvalue weighted by molar-refractivity contribution is 0.0746. The Balaban J connectivity index is 1.25. The number of para-hydroxylation sites is 2. The van der Waals surface area contributed by atoms with E-state index >= 15 is 0 Å². The lowest BCUT2D eigenvalue weighted by Gasteiger charge is -2.37. The number of hydrogen-bond donors (Lipinski definition) is 2. The average Bonchev–Trinajstić information content (AvgIpc) is 3.34. The van der Waals surface area contributed by atoms with E-state index in [0.29, 0.717) is 48.0 Å². The van der Waals surface area contributed by atoms with Crippen molar-refractivity contribution in [3.63, 3.8) is 0 Å². The minimum absolute atomic E-state index is 0.0200. The van der Waals surface area contributed by atoms with Crippen LogP contribution >= 0.6 is 23.8 Å². The standard InChI is InChI=1S/C28H25ClN4O3S/c1-18-9-11-19(12-10-18)27(35)33-15-13-32(14-16-33)25-21(29)6-4-7-22(25)30-28(37)31-26(34)24-17-20-5-2-3-8-23(20)36-24/h2-12,17H,13-16H2,1H3,(H2,30,31,34,37). The first kappa shape index (κ1) is 24.8. The van der Waals surface area contributed by atoms with E-state index in [9.17, 15) is 9.59 Å². The van der Waals surface area contributed by atoms with E-state index in [-0.39, 0.29) is 16.8 Å². The van der Waals surface area contributed by atoms with Crippen molar-refractivity contribution in [1.82, 2.24) is 10.2 Å². The maximum atomic E-state index is 12.9. The van der Waals surface area contributed by atoms with Crippen molar-refractivity contribution in [3.05, 3.63) is 94.7 Å². The number of furan rings is 1. The molecule has 4 aromatic rings. The first-order chi connectivity index (χ1) is 17.9. The van der Waals surface area contributed by atoms with Crippen molar-refractivity contribution >= 4 is 63.1 Å². The Hall–Kier alpha value is -3.88. The molecular formula is C28H25ClN4O3S. The van der Waals surface area contributed by atoms with Crippen LogP contribution in [-0.4, -0.2) is 48.0 Å². The van der Waals surface area contributed by atoms with Gasteiger partial charge in [0, 0.05) is 37.1 Å². The van der Waals surface area contributed by atoms with Crippen molar-refractivity contribution in [2.45, 2.75) is 6.92 Å². The molecule has 1 fully saturated rings. The molecule has 0 saturated carbocycles. The molecule has 188 valence electrons. The summed E-state index contributed by atoms with van der Waals surface area (Å²) in [5, 5.41) is 7.29. The monoisotopic (exact) mass is 532 g/mol. The van der Waals surface area contributed by atoms with Crippen LogP contribution in [0.4, 0.5) is 11.4 Å². The van der Waals surface area contributed by atoms with E-state index < -0.39 is 5.91 Å². The van der Waals surface area contributed by atoms with Crippen molar-refractivity contribution < 1.29 is 14.0 Å². The third-order valence-electron chi connectivity index (χ3n) is 6.29. The molecule has 0 atom stereocenters. The maximum Gasteiger partial charge on any atom is 0.293 e. The van der Waals surface area contributed by atoms with Gasteiger partial charge in [-0.3, -0.25) is 14.9 Å². The summed E-state index contributed by atoms with van der Waals surface area (Å²) in [4.78, 5) is 29.6. The third kappa shape index (κ3) is 5.45. The number of rotatable bonds is 4. The number of halogens is 1. The number of anilines is 2. The van der Waals surface area contributed by atoms with E-state index in [1.807, 2.05) is 72.5 Å². The molecule has 1 aromatic heterocycles. The van der Waals surface area contributed by atoms with E-state index in [1.54, 1.807) is 12.1 Å². The number of aryl methyl sites for hydroxylation is 1. The SMILES string of the molecule is Cc1ccc(C(=O)N2CCN(c3c(Cl)cccc3NC(=S)NC(=O)c3cc4ccccc4o3)CC2)cc1. The zero-order valence-electron chi connectivity index (χ0n) is 20.2. The molecule has 37 heavy (non-hydrogen) atoms. The fourth-order valence-corrected chi connectivity index (χ4v) is 4.86. The largest absolute Gasteiger partial charge is 0.451 e. The number of carbonyl (C=O) groups excluding carboxylic acids is 2. The Morgan fingerprint density at radius 3 is 2.41 bits per heavy atom. The molecule has 0 radical (unpaired) electrons. The molecule has 2 amide bonds. The number of nitrogens with zero attached hydrogens (tertiary/aromatic N) is 2. The number of nitrogens with one attached hydrogen (secondary N) is 2. The zero-order chi connectivity index (χ0) is 25.9. The summed E-state index contributed by atoms with van der Waals surface area (Å²) in [6, 6.07) is 22.2. The van der Waals surface area contributed by atoms with Gasteiger partial charge in [0.25, 0.3) is 11.8 Å². The van der Waals surface area contributed by atoms with Gasteiger partial charge in [0.2, 0.25) is 0 Å². The predicted molar refractivity (Wildman–Crippen MR) is 151 cm³/mol. The molecule has 7 nitrogen and oxygen atoms in total. The van der Waals surface area contributed by atoms with E-state index in [0.717, 1.165) is 16.6 Å². The molecule has 0 spiro atoms.